The van der Waals surface area contributed by atoms with Crippen molar-refractivity contribution < 1.29 is 9.59 Å². The number of benzene rings is 2. The van der Waals surface area contributed by atoms with Crippen molar-refractivity contribution in [2.45, 2.75) is 19.9 Å². The Morgan fingerprint density at radius 2 is 1.85 bits per heavy atom. The van der Waals surface area contributed by atoms with Crippen LogP contribution in [0.2, 0.25) is 5.02 Å². The summed E-state index contributed by atoms with van der Waals surface area (Å²) in [7, 11) is 0. The van der Waals surface area contributed by atoms with Crippen molar-refractivity contribution >= 4 is 40.4 Å². The molecule has 1 aromatic heterocycles. The van der Waals surface area contributed by atoms with E-state index in [0.29, 0.717) is 27.8 Å². The first kappa shape index (κ1) is 19.0. The van der Waals surface area contributed by atoms with Crippen LogP contribution in [0.25, 0.3) is 0 Å². The van der Waals surface area contributed by atoms with Gasteiger partial charge in [-0.2, -0.15) is 0 Å². The van der Waals surface area contributed by atoms with Crippen molar-refractivity contribution in [1.82, 2.24) is 15.5 Å². The van der Waals surface area contributed by atoms with Crippen LogP contribution >= 0.6 is 22.9 Å². The van der Waals surface area contributed by atoms with Gasteiger partial charge in [0, 0.05) is 22.8 Å². The fraction of sp³-hybridized carbons (Fsp3) is 0.158. The molecule has 0 atom stereocenters. The minimum Gasteiger partial charge on any atom is -0.348 e. The summed E-state index contributed by atoms with van der Waals surface area (Å²) >= 11 is 7.11. The molecule has 2 N–H and O–H groups in total. The van der Waals surface area contributed by atoms with E-state index in [2.05, 4.69) is 20.8 Å². The second-order valence-corrected chi connectivity index (χ2v) is 7.20. The number of nitrogens with zero attached hydrogens (tertiary/aromatic N) is 2. The Bertz CT molecular complexity index is 956. The summed E-state index contributed by atoms with van der Waals surface area (Å²) in [6, 6.07) is 14.0. The Kier molecular flexibility index (Phi) is 6.16. The molecular weight excluding hydrogens is 384 g/mol. The lowest BCUT2D eigenvalue weighted by atomic mass is 10.1. The molecule has 27 heavy (non-hydrogen) atoms. The zero-order valence-corrected chi connectivity index (χ0v) is 16.1. The molecule has 0 fully saturated rings. The Labute approximate surface area is 165 Å². The van der Waals surface area contributed by atoms with Crippen LogP contribution in [-0.2, 0) is 13.0 Å². The molecule has 0 bridgehead atoms. The third-order valence-corrected chi connectivity index (χ3v) is 5.03. The monoisotopic (exact) mass is 400 g/mol. The standard InChI is InChI=1S/C19H17ClN4O2S/c1-2-16-23-24-19(27-16)18(26)22-15-5-3-4-13(10-15)17(25)21-11-12-6-8-14(20)9-7-12/h3-10H,2,11H2,1H3,(H,21,25)(H,22,26). The van der Waals surface area contributed by atoms with E-state index in [-0.39, 0.29) is 11.8 Å². The smallest absolute Gasteiger partial charge is 0.286 e. The van der Waals surface area contributed by atoms with Crippen molar-refractivity contribution in [3.05, 3.63) is 74.7 Å². The predicted molar refractivity (Wildman–Crippen MR) is 106 cm³/mol. The molecule has 0 aliphatic rings. The topological polar surface area (TPSA) is 84.0 Å². The van der Waals surface area contributed by atoms with Crippen LogP contribution in [0.4, 0.5) is 5.69 Å². The largest absolute Gasteiger partial charge is 0.348 e. The molecule has 0 radical (unpaired) electrons. The molecule has 0 saturated carbocycles. The van der Waals surface area contributed by atoms with E-state index in [1.165, 1.54) is 11.3 Å². The molecule has 6 nitrogen and oxygen atoms in total. The summed E-state index contributed by atoms with van der Waals surface area (Å²) in [5.41, 5.74) is 1.92. The summed E-state index contributed by atoms with van der Waals surface area (Å²) < 4.78 is 0. The fourth-order valence-electron chi connectivity index (χ4n) is 2.30. The molecule has 0 aliphatic heterocycles. The minimum atomic E-state index is -0.342. The first-order valence-corrected chi connectivity index (χ1v) is 9.51. The summed E-state index contributed by atoms with van der Waals surface area (Å²) in [5, 5.41) is 15.1. The number of carbonyl (C=O) groups is 2. The van der Waals surface area contributed by atoms with Crippen molar-refractivity contribution in [2.24, 2.45) is 0 Å². The van der Waals surface area contributed by atoms with Gasteiger partial charge in [0.2, 0.25) is 5.01 Å². The van der Waals surface area contributed by atoms with Crippen LogP contribution in [0.15, 0.2) is 48.5 Å². The maximum atomic E-state index is 12.4. The Morgan fingerprint density at radius 3 is 2.56 bits per heavy atom. The summed E-state index contributed by atoms with van der Waals surface area (Å²) in [5.74, 6) is -0.573. The molecule has 3 aromatic rings. The van der Waals surface area contributed by atoms with Gasteiger partial charge in [-0.1, -0.05) is 48.1 Å². The molecule has 2 amide bonds. The fourth-order valence-corrected chi connectivity index (χ4v) is 3.10. The highest BCUT2D eigenvalue weighted by atomic mass is 35.5. The number of aromatic nitrogens is 2. The number of rotatable bonds is 6. The van der Waals surface area contributed by atoms with Gasteiger partial charge in [0.1, 0.15) is 5.01 Å². The third-order valence-electron chi connectivity index (χ3n) is 3.71. The molecule has 2 aromatic carbocycles. The van der Waals surface area contributed by atoms with E-state index < -0.39 is 0 Å². The van der Waals surface area contributed by atoms with Gasteiger partial charge in [0.15, 0.2) is 0 Å². The molecule has 0 spiro atoms. The minimum absolute atomic E-state index is 0.231. The second-order valence-electron chi connectivity index (χ2n) is 5.70. The molecule has 0 aliphatic carbocycles. The van der Waals surface area contributed by atoms with Crippen LogP contribution in [0.1, 0.15) is 37.7 Å². The normalized spacial score (nSPS) is 10.4. The number of aryl methyl sites for hydroxylation is 1. The Morgan fingerprint density at radius 1 is 1.07 bits per heavy atom. The zero-order valence-electron chi connectivity index (χ0n) is 14.5. The SMILES string of the molecule is CCc1nnc(C(=O)Nc2cccc(C(=O)NCc3ccc(Cl)cc3)c2)s1. The van der Waals surface area contributed by atoms with Crippen molar-refractivity contribution in [1.29, 1.82) is 0 Å². The van der Waals surface area contributed by atoms with Crippen LogP contribution < -0.4 is 10.6 Å². The van der Waals surface area contributed by atoms with Gasteiger partial charge in [-0.25, -0.2) is 0 Å². The molecule has 3 rings (SSSR count). The number of halogens is 1. The summed E-state index contributed by atoms with van der Waals surface area (Å²) in [4.78, 5) is 24.6. The van der Waals surface area contributed by atoms with Crippen molar-refractivity contribution in [2.75, 3.05) is 5.32 Å². The first-order chi connectivity index (χ1) is 13.0. The Hall–Kier alpha value is -2.77. The van der Waals surface area contributed by atoms with Crippen LogP contribution in [0.5, 0.6) is 0 Å². The van der Waals surface area contributed by atoms with E-state index in [1.54, 1.807) is 36.4 Å². The van der Waals surface area contributed by atoms with Crippen molar-refractivity contribution in [3.8, 4) is 0 Å². The van der Waals surface area contributed by atoms with Gasteiger partial charge in [-0.15, -0.1) is 10.2 Å². The summed E-state index contributed by atoms with van der Waals surface area (Å²) in [6.07, 6.45) is 0.730. The number of anilines is 1. The highest BCUT2D eigenvalue weighted by molar-refractivity contribution is 7.13. The van der Waals surface area contributed by atoms with Gasteiger partial charge in [0.05, 0.1) is 0 Å². The van der Waals surface area contributed by atoms with Gasteiger partial charge in [0.25, 0.3) is 11.8 Å². The zero-order chi connectivity index (χ0) is 19.2. The van der Waals surface area contributed by atoms with Gasteiger partial charge in [-0.3, -0.25) is 9.59 Å². The maximum Gasteiger partial charge on any atom is 0.286 e. The quantitative estimate of drug-likeness (QED) is 0.656. The van der Waals surface area contributed by atoms with E-state index in [9.17, 15) is 9.59 Å². The average Bonchev–Trinajstić information content (AvgIpc) is 3.17. The molecule has 0 unspecified atom stereocenters. The van der Waals surface area contributed by atoms with Gasteiger partial charge < -0.3 is 10.6 Å². The molecular formula is C19H17ClN4O2S. The third kappa shape index (κ3) is 5.12. The maximum absolute atomic E-state index is 12.4. The lowest BCUT2D eigenvalue weighted by molar-refractivity contribution is 0.0949. The molecule has 138 valence electrons. The van der Waals surface area contributed by atoms with Gasteiger partial charge >= 0.3 is 0 Å². The first-order valence-electron chi connectivity index (χ1n) is 8.31. The number of amides is 2. The summed E-state index contributed by atoms with van der Waals surface area (Å²) in [6.45, 7) is 2.34. The Balaban J connectivity index is 1.62. The number of carbonyl (C=O) groups excluding carboxylic acids is 2. The molecule has 1 heterocycles. The van der Waals surface area contributed by atoms with Crippen LogP contribution in [-0.4, -0.2) is 22.0 Å². The second kappa shape index (κ2) is 8.75. The lowest BCUT2D eigenvalue weighted by Gasteiger charge is -2.08. The van der Waals surface area contributed by atoms with E-state index in [4.69, 9.17) is 11.6 Å². The van der Waals surface area contributed by atoms with Crippen LogP contribution in [0.3, 0.4) is 0 Å². The highest BCUT2D eigenvalue weighted by Gasteiger charge is 2.13. The predicted octanol–water partition coefficient (Wildman–Crippen LogP) is 3.94. The van der Waals surface area contributed by atoms with Crippen molar-refractivity contribution in [3.63, 3.8) is 0 Å². The van der Waals surface area contributed by atoms with E-state index in [0.717, 1.165) is 17.0 Å². The van der Waals surface area contributed by atoms with Crippen LogP contribution in [0, 0.1) is 0 Å². The number of hydrogen-bond donors (Lipinski definition) is 2. The highest BCUT2D eigenvalue weighted by Crippen LogP contribution is 2.15. The number of nitrogens with one attached hydrogen (secondary N) is 2. The molecule has 0 saturated heterocycles. The average molecular weight is 401 g/mol. The van der Waals surface area contributed by atoms with E-state index in [1.807, 2.05) is 19.1 Å². The van der Waals surface area contributed by atoms with Gasteiger partial charge in [-0.05, 0) is 42.3 Å². The number of hydrogen-bond acceptors (Lipinski definition) is 5. The lowest BCUT2D eigenvalue weighted by Crippen LogP contribution is -2.23. The van der Waals surface area contributed by atoms with E-state index >= 15 is 0 Å². The molecule has 8 heteroatoms.